The van der Waals surface area contributed by atoms with Crippen LogP contribution in [-0.4, -0.2) is 69.0 Å². The average molecular weight is 433 g/mol. The Labute approximate surface area is 175 Å². The number of methoxy groups -OCH3 is 1. The number of phenolic OH excluding ortho intramolecular Hbond substituents is 3. The number of aliphatic hydroxyl groups excluding tert-OH is 3. The van der Waals surface area contributed by atoms with Gasteiger partial charge in [0.2, 0.25) is 12.0 Å². The number of hydrogen-bond acceptors (Lipinski definition) is 9. The van der Waals surface area contributed by atoms with E-state index < -0.39 is 31.2 Å². The molecule has 1 saturated heterocycles. The lowest BCUT2D eigenvalue weighted by Crippen LogP contribution is -2.35. The number of aliphatic hydroxyl groups is 3. The summed E-state index contributed by atoms with van der Waals surface area (Å²) in [7, 11) is 1.40. The Hall–Kier alpha value is -3.31. The third kappa shape index (κ3) is 3.77. The van der Waals surface area contributed by atoms with Crippen LogP contribution in [0.25, 0.3) is 22.3 Å². The molecule has 3 aromatic rings. The molecule has 0 aliphatic carbocycles. The van der Waals surface area contributed by atoms with E-state index in [-0.39, 0.29) is 45.5 Å². The first-order valence-corrected chi connectivity index (χ1v) is 9.31. The molecule has 0 saturated carbocycles. The molecule has 2 heterocycles. The molecular weight excluding hydrogens is 412 g/mol. The summed E-state index contributed by atoms with van der Waals surface area (Å²) < 4.78 is 22.0. The SMILES string of the molecule is COc1ccc(-c2[o+]c3cc(O)cc(O)c3cc2O[C@@H]2O[C@H](CO)[C@H](O)[C@H]2O)cc1O. The molecule has 4 atom stereocenters. The van der Waals surface area contributed by atoms with Crippen LogP contribution in [0.5, 0.6) is 28.7 Å². The van der Waals surface area contributed by atoms with Crippen molar-refractivity contribution >= 4 is 11.0 Å². The van der Waals surface area contributed by atoms with Crippen molar-refractivity contribution in [2.75, 3.05) is 13.7 Å². The van der Waals surface area contributed by atoms with E-state index >= 15 is 0 Å². The number of benzene rings is 2. The quantitative estimate of drug-likeness (QED) is 0.324. The van der Waals surface area contributed by atoms with Crippen LogP contribution in [0.2, 0.25) is 0 Å². The Balaban J connectivity index is 1.84. The fraction of sp³-hybridized carbons (Fsp3) is 0.286. The van der Waals surface area contributed by atoms with E-state index in [0.29, 0.717) is 5.56 Å². The fourth-order valence-electron chi connectivity index (χ4n) is 3.39. The van der Waals surface area contributed by atoms with Crippen LogP contribution < -0.4 is 9.47 Å². The van der Waals surface area contributed by atoms with Crippen molar-refractivity contribution in [1.82, 2.24) is 0 Å². The van der Waals surface area contributed by atoms with Crippen molar-refractivity contribution in [2.24, 2.45) is 0 Å². The summed E-state index contributed by atoms with van der Waals surface area (Å²) in [6.07, 6.45) is -5.22. The number of rotatable bonds is 5. The van der Waals surface area contributed by atoms with Gasteiger partial charge >= 0.3 is 11.3 Å². The molecule has 0 amide bonds. The minimum absolute atomic E-state index is 0.00731. The van der Waals surface area contributed by atoms with Crippen LogP contribution in [0.4, 0.5) is 0 Å². The number of hydrogen-bond donors (Lipinski definition) is 6. The van der Waals surface area contributed by atoms with Crippen LogP contribution in [0.3, 0.4) is 0 Å². The molecule has 1 aromatic heterocycles. The molecule has 0 bridgehead atoms. The summed E-state index contributed by atoms with van der Waals surface area (Å²) in [5, 5.41) is 59.8. The lowest BCUT2D eigenvalue weighted by molar-refractivity contribution is -0.116. The Morgan fingerprint density at radius 2 is 1.74 bits per heavy atom. The van der Waals surface area contributed by atoms with Crippen LogP contribution in [0, 0.1) is 0 Å². The van der Waals surface area contributed by atoms with E-state index in [0.717, 1.165) is 6.07 Å². The number of phenols is 3. The first-order chi connectivity index (χ1) is 14.8. The van der Waals surface area contributed by atoms with Gasteiger partial charge in [-0.2, -0.15) is 0 Å². The zero-order chi connectivity index (χ0) is 22.3. The molecule has 1 aliphatic heterocycles. The van der Waals surface area contributed by atoms with E-state index in [1.165, 1.54) is 31.4 Å². The van der Waals surface area contributed by atoms with Crippen LogP contribution in [0.1, 0.15) is 0 Å². The summed E-state index contributed by atoms with van der Waals surface area (Å²) in [6.45, 7) is -0.528. The van der Waals surface area contributed by atoms with Gasteiger partial charge in [-0.05, 0) is 12.1 Å². The Kier molecular flexibility index (Phi) is 5.46. The highest BCUT2D eigenvalue weighted by atomic mass is 16.7. The fourth-order valence-corrected chi connectivity index (χ4v) is 3.39. The van der Waals surface area contributed by atoms with Crippen LogP contribution >= 0.6 is 0 Å². The summed E-state index contributed by atoms with van der Waals surface area (Å²) >= 11 is 0. The van der Waals surface area contributed by atoms with Gasteiger partial charge in [0, 0.05) is 18.2 Å². The largest absolute Gasteiger partial charge is 0.507 e. The molecule has 0 spiro atoms. The van der Waals surface area contributed by atoms with Gasteiger partial charge in [-0.25, -0.2) is 4.42 Å². The lowest BCUT2D eigenvalue weighted by atomic mass is 10.1. The van der Waals surface area contributed by atoms with Crippen molar-refractivity contribution < 1.29 is 49.3 Å². The van der Waals surface area contributed by atoms with Crippen molar-refractivity contribution in [3.05, 3.63) is 36.4 Å². The molecule has 10 heteroatoms. The van der Waals surface area contributed by atoms with Crippen LogP contribution in [0.15, 0.2) is 40.8 Å². The predicted molar refractivity (Wildman–Crippen MR) is 106 cm³/mol. The lowest BCUT2D eigenvalue weighted by Gasteiger charge is -2.16. The zero-order valence-corrected chi connectivity index (χ0v) is 16.3. The summed E-state index contributed by atoms with van der Waals surface area (Å²) in [5.41, 5.74) is 0.473. The second kappa shape index (κ2) is 8.08. The first kappa shape index (κ1) is 20.9. The van der Waals surface area contributed by atoms with Gasteiger partial charge in [0.25, 0.3) is 0 Å². The normalized spacial score (nSPS) is 23.2. The van der Waals surface area contributed by atoms with Crippen molar-refractivity contribution in [1.29, 1.82) is 0 Å². The van der Waals surface area contributed by atoms with E-state index in [1.807, 2.05) is 0 Å². The van der Waals surface area contributed by atoms with E-state index in [1.54, 1.807) is 6.07 Å². The second-order valence-electron chi connectivity index (χ2n) is 7.03. The van der Waals surface area contributed by atoms with E-state index in [9.17, 15) is 30.6 Å². The number of fused-ring (bicyclic) bond motifs is 1. The highest BCUT2D eigenvalue weighted by molar-refractivity contribution is 5.88. The van der Waals surface area contributed by atoms with Gasteiger partial charge in [0.1, 0.15) is 35.2 Å². The summed E-state index contributed by atoms with van der Waals surface area (Å²) in [4.78, 5) is 0. The second-order valence-corrected chi connectivity index (χ2v) is 7.03. The third-order valence-electron chi connectivity index (χ3n) is 5.00. The Morgan fingerprint density at radius 1 is 0.968 bits per heavy atom. The monoisotopic (exact) mass is 433 g/mol. The van der Waals surface area contributed by atoms with E-state index in [2.05, 4.69) is 0 Å². The molecule has 6 N–H and O–H groups in total. The van der Waals surface area contributed by atoms with Gasteiger partial charge in [-0.1, -0.05) is 0 Å². The molecule has 1 aliphatic rings. The molecule has 0 radical (unpaired) electrons. The topological polar surface area (TPSA) is 160 Å². The minimum Gasteiger partial charge on any atom is -0.507 e. The number of ether oxygens (including phenoxy) is 3. The van der Waals surface area contributed by atoms with Crippen molar-refractivity contribution in [3.8, 4) is 40.1 Å². The highest BCUT2D eigenvalue weighted by Gasteiger charge is 2.45. The van der Waals surface area contributed by atoms with Gasteiger partial charge in [-0.15, -0.1) is 0 Å². The van der Waals surface area contributed by atoms with Gasteiger partial charge in [0.15, 0.2) is 11.5 Å². The summed E-state index contributed by atoms with van der Waals surface area (Å²) in [6, 6.07) is 8.25. The molecule has 164 valence electrons. The average Bonchev–Trinajstić information content (AvgIpc) is 3.01. The van der Waals surface area contributed by atoms with E-state index in [4.69, 9.17) is 18.6 Å². The molecule has 1 fully saturated rings. The zero-order valence-electron chi connectivity index (χ0n) is 16.3. The molecule has 31 heavy (non-hydrogen) atoms. The van der Waals surface area contributed by atoms with Gasteiger partial charge in [0.05, 0.1) is 25.3 Å². The molecule has 10 nitrogen and oxygen atoms in total. The van der Waals surface area contributed by atoms with Gasteiger partial charge < -0.3 is 44.8 Å². The maximum Gasteiger partial charge on any atom is 0.402 e. The Bertz CT molecular complexity index is 1120. The molecule has 0 unspecified atom stereocenters. The number of aromatic hydroxyl groups is 3. The third-order valence-corrected chi connectivity index (χ3v) is 5.00. The molecular formula is C21H21O10+. The maximum atomic E-state index is 10.2. The predicted octanol–water partition coefficient (Wildman–Crippen LogP) is 1.32. The Morgan fingerprint density at radius 3 is 2.39 bits per heavy atom. The summed E-state index contributed by atoms with van der Waals surface area (Å²) in [5.74, 6) is -0.372. The highest BCUT2D eigenvalue weighted by Crippen LogP contribution is 2.42. The maximum absolute atomic E-state index is 10.2. The van der Waals surface area contributed by atoms with Gasteiger partial charge in [-0.3, -0.25) is 0 Å². The molecule has 4 rings (SSSR count). The van der Waals surface area contributed by atoms with Crippen LogP contribution in [-0.2, 0) is 4.74 Å². The van der Waals surface area contributed by atoms with Crippen molar-refractivity contribution in [3.63, 3.8) is 0 Å². The first-order valence-electron chi connectivity index (χ1n) is 9.31. The van der Waals surface area contributed by atoms with Crippen molar-refractivity contribution in [2.45, 2.75) is 24.6 Å². The molecule has 2 aromatic carbocycles. The standard InChI is InChI=1S/C21H20O10/c1-28-14-3-2-9(4-13(14)25)20-16(30-21-19(27)18(26)17(8-22)31-21)7-11-12(24)5-10(23)6-15(11)29-20/h2-7,17-19,21-22,26-27H,8H2,1H3,(H2-,23,24,25)/p+1/t17-,18+,19-,21-/m1/s1. The minimum atomic E-state index is -1.46. The smallest absolute Gasteiger partial charge is 0.402 e.